The Kier molecular flexibility index (Phi) is 4.72. The van der Waals surface area contributed by atoms with Crippen LogP contribution < -0.4 is 10.2 Å². The monoisotopic (exact) mass is 339 g/mol. The predicted molar refractivity (Wildman–Crippen MR) is 94.8 cm³/mol. The smallest absolute Gasteiger partial charge is 0.271 e. The maximum absolute atomic E-state index is 12.0. The van der Waals surface area contributed by atoms with Crippen molar-refractivity contribution in [2.75, 3.05) is 7.11 Å². The molecule has 0 radical (unpaired) electrons. The number of hydrazone groups is 1. The minimum Gasteiger partial charge on any atom is -0.497 e. The number of amides is 1. The summed E-state index contributed by atoms with van der Waals surface area (Å²) in [6.45, 7) is 0. The molecule has 0 unspecified atom stereocenters. The Hall–Kier alpha value is -2.92. The van der Waals surface area contributed by atoms with Crippen LogP contribution >= 0.6 is 11.6 Å². The van der Waals surface area contributed by atoms with Gasteiger partial charge in [0.15, 0.2) is 0 Å². The van der Waals surface area contributed by atoms with Gasteiger partial charge in [-0.05, 0) is 36.4 Å². The van der Waals surface area contributed by atoms with E-state index in [9.17, 15) is 4.79 Å². The molecule has 3 rings (SSSR count). The van der Waals surface area contributed by atoms with Crippen molar-refractivity contribution in [1.82, 2.24) is 10.4 Å². The molecule has 0 atom stereocenters. The molecule has 0 fully saturated rings. The first-order valence-electron chi connectivity index (χ1n) is 7.20. The van der Waals surface area contributed by atoms with Crippen LogP contribution in [0.3, 0.4) is 0 Å². The van der Waals surface area contributed by atoms with Crippen molar-refractivity contribution in [2.24, 2.45) is 5.10 Å². The van der Waals surface area contributed by atoms with Crippen LogP contribution in [0.1, 0.15) is 15.9 Å². The van der Waals surface area contributed by atoms with Crippen molar-refractivity contribution in [3.8, 4) is 5.75 Å². The van der Waals surface area contributed by atoms with E-state index in [4.69, 9.17) is 16.3 Å². The number of hydrogen-bond acceptors (Lipinski definition) is 4. The molecule has 3 aromatic rings. The molecule has 0 saturated carbocycles. The number of ether oxygens (including phenoxy) is 1. The average Bonchev–Trinajstić information content (AvgIpc) is 2.62. The Bertz CT molecular complexity index is 908. The second-order valence-electron chi connectivity index (χ2n) is 4.99. The number of methoxy groups -OCH3 is 1. The van der Waals surface area contributed by atoms with Crippen molar-refractivity contribution >= 4 is 34.6 Å². The number of nitrogens with one attached hydrogen (secondary N) is 1. The Morgan fingerprint density at radius 3 is 2.71 bits per heavy atom. The van der Waals surface area contributed by atoms with E-state index in [1.807, 2.05) is 30.3 Å². The Morgan fingerprint density at radius 1 is 1.21 bits per heavy atom. The van der Waals surface area contributed by atoms with Crippen molar-refractivity contribution in [3.63, 3.8) is 0 Å². The average molecular weight is 340 g/mol. The highest BCUT2D eigenvalue weighted by Crippen LogP contribution is 2.19. The van der Waals surface area contributed by atoms with Crippen molar-refractivity contribution < 1.29 is 9.53 Å². The van der Waals surface area contributed by atoms with E-state index in [2.05, 4.69) is 15.5 Å². The van der Waals surface area contributed by atoms with Gasteiger partial charge in [-0.1, -0.05) is 29.8 Å². The van der Waals surface area contributed by atoms with Crippen LogP contribution in [0.4, 0.5) is 0 Å². The van der Waals surface area contributed by atoms with Gasteiger partial charge in [0.05, 0.1) is 18.8 Å². The zero-order chi connectivity index (χ0) is 16.9. The molecule has 1 heterocycles. The lowest BCUT2D eigenvalue weighted by Gasteiger charge is -2.03. The first kappa shape index (κ1) is 16.0. The van der Waals surface area contributed by atoms with Crippen LogP contribution in [0.15, 0.2) is 59.7 Å². The van der Waals surface area contributed by atoms with Gasteiger partial charge >= 0.3 is 0 Å². The molecule has 0 saturated heterocycles. The van der Waals surface area contributed by atoms with Gasteiger partial charge in [0.2, 0.25) is 0 Å². The number of nitrogens with zero attached hydrogens (tertiary/aromatic N) is 2. The molecule has 1 N–H and O–H groups in total. The Balaban J connectivity index is 1.73. The number of fused-ring (bicyclic) bond motifs is 1. The van der Waals surface area contributed by atoms with Gasteiger partial charge in [0, 0.05) is 16.5 Å². The summed E-state index contributed by atoms with van der Waals surface area (Å²) in [5, 5.41) is 5.23. The predicted octanol–water partition coefficient (Wildman–Crippen LogP) is 3.66. The maximum atomic E-state index is 12.0. The van der Waals surface area contributed by atoms with Crippen molar-refractivity contribution in [1.29, 1.82) is 0 Å². The standard InChI is InChI=1S/C18H14ClN3O2/c1-24-15-8-6-12(7-9-15)18(23)22-20-11-14-10-13-4-2-3-5-16(13)21-17(14)19/h2-11H,1H3,(H,22,23)/b20-11-. The van der Waals surface area contributed by atoms with Crippen LogP contribution in [0, 0.1) is 0 Å². The van der Waals surface area contributed by atoms with Crippen LogP contribution in [-0.4, -0.2) is 24.2 Å². The molecule has 5 nitrogen and oxygen atoms in total. The van der Waals surface area contributed by atoms with E-state index in [-0.39, 0.29) is 5.91 Å². The lowest BCUT2D eigenvalue weighted by Crippen LogP contribution is -2.17. The van der Waals surface area contributed by atoms with Crippen LogP contribution in [-0.2, 0) is 0 Å². The highest BCUT2D eigenvalue weighted by molar-refractivity contribution is 6.32. The quantitative estimate of drug-likeness (QED) is 0.448. The molecule has 0 aliphatic heterocycles. The number of carbonyl (C=O) groups excluding carboxylic acids is 1. The molecule has 1 aromatic heterocycles. The molecule has 0 bridgehead atoms. The van der Waals surface area contributed by atoms with Gasteiger partial charge in [-0.3, -0.25) is 4.79 Å². The molecule has 1 amide bonds. The summed E-state index contributed by atoms with van der Waals surface area (Å²) < 4.78 is 5.05. The Labute approximate surface area is 143 Å². The van der Waals surface area contributed by atoms with Gasteiger partial charge in [-0.25, -0.2) is 10.4 Å². The fourth-order valence-electron chi connectivity index (χ4n) is 2.17. The van der Waals surface area contributed by atoms with Crippen molar-refractivity contribution in [2.45, 2.75) is 0 Å². The molecule has 0 spiro atoms. The number of aromatic nitrogens is 1. The van der Waals surface area contributed by atoms with Gasteiger partial charge in [-0.15, -0.1) is 0 Å². The number of carbonyl (C=O) groups is 1. The summed E-state index contributed by atoms with van der Waals surface area (Å²) in [4.78, 5) is 16.3. The summed E-state index contributed by atoms with van der Waals surface area (Å²) in [6, 6.07) is 16.3. The largest absolute Gasteiger partial charge is 0.497 e. The number of pyridine rings is 1. The Morgan fingerprint density at radius 2 is 1.96 bits per heavy atom. The zero-order valence-electron chi connectivity index (χ0n) is 12.9. The molecular formula is C18H14ClN3O2. The SMILES string of the molecule is COc1ccc(C(=O)N/N=C\c2cc3ccccc3nc2Cl)cc1. The highest BCUT2D eigenvalue weighted by atomic mass is 35.5. The molecule has 24 heavy (non-hydrogen) atoms. The van der Waals surface area contributed by atoms with E-state index in [0.717, 1.165) is 10.9 Å². The van der Waals surface area contributed by atoms with E-state index >= 15 is 0 Å². The molecule has 120 valence electrons. The molecule has 2 aromatic carbocycles. The first-order chi connectivity index (χ1) is 11.7. The summed E-state index contributed by atoms with van der Waals surface area (Å²) in [5.41, 5.74) is 4.38. The van der Waals surface area contributed by atoms with Crippen LogP contribution in [0.2, 0.25) is 5.15 Å². The number of benzene rings is 2. The lowest BCUT2D eigenvalue weighted by atomic mass is 10.2. The normalized spacial score (nSPS) is 10.9. The van der Waals surface area contributed by atoms with Gasteiger partial charge < -0.3 is 4.74 Å². The third kappa shape index (κ3) is 3.52. The fourth-order valence-corrected chi connectivity index (χ4v) is 2.36. The molecule has 6 heteroatoms. The minimum atomic E-state index is -0.321. The zero-order valence-corrected chi connectivity index (χ0v) is 13.6. The number of para-hydroxylation sites is 1. The third-order valence-electron chi connectivity index (χ3n) is 3.43. The summed E-state index contributed by atoms with van der Waals surface area (Å²) in [5.74, 6) is 0.364. The van der Waals surface area contributed by atoms with Gasteiger partial charge in [-0.2, -0.15) is 5.10 Å². The summed E-state index contributed by atoms with van der Waals surface area (Å²) in [6.07, 6.45) is 1.48. The van der Waals surface area contributed by atoms with E-state index in [1.165, 1.54) is 6.21 Å². The number of hydrogen-bond donors (Lipinski definition) is 1. The van der Waals surface area contributed by atoms with Crippen LogP contribution in [0.5, 0.6) is 5.75 Å². The first-order valence-corrected chi connectivity index (χ1v) is 7.58. The van der Waals surface area contributed by atoms with E-state index < -0.39 is 0 Å². The fraction of sp³-hybridized carbons (Fsp3) is 0.0556. The van der Waals surface area contributed by atoms with Gasteiger partial charge in [0.1, 0.15) is 10.9 Å². The van der Waals surface area contributed by atoms with Gasteiger partial charge in [0.25, 0.3) is 5.91 Å². The minimum absolute atomic E-state index is 0.321. The molecular weight excluding hydrogens is 326 g/mol. The molecule has 0 aliphatic carbocycles. The third-order valence-corrected chi connectivity index (χ3v) is 3.73. The maximum Gasteiger partial charge on any atom is 0.271 e. The second-order valence-corrected chi connectivity index (χ2v) is 5.35. The van der Waals surface area contributed by atoms with Crippen molar-refractivity contribution in [3.05, 3.63) is 70.9 Å². The lowest BCUT2D eigenvalue weighted by molar-refractivity contribution is 0.0955. The second kappa shape index (κ2) is 7.10. The summed E-state index contributed by atoms with van der Waals surface area (Å²) >= 11 is 6.14. The number of halogens is 1. The van der Waals surface area contributed by atoms with E-state index in [1.54, 1.807) is 31.4 Å². The summed E-state index contributed by atoms with van der Waals surface area (Å²) in [7, 11) is 1.57. The highest BCUT2D eigenvalue weighted by Gasteiger charge is 2.05. The van der Waals surface area contributed by atoms with E-state index in [0.29, 0.717) is 22.0 Å². The molecule has 0 aliphatic rings. The topological polar surface area (TPSA) is 63.6 Å². The number of rotatable bonds is 4. The van der Waals surface area contributed by atoms with Crippen LogP contribution in [0.25, 0.3) is 10.9 Å².